The van der Waals surface area contributed by atoms with Crippen LogP contribution >= 0.6 is 0 Å². The van der Waals surface area contributed by atoms with E-state index >= 15 is 0 Å². The highest BCUT2D eigenvalue weighted by atomic mass is 19.1. The van der Waals surface area contributed by atoms with Crippen molar-refractivity contribution in [3.8, 4) is 11.5 Å². The lowest BCUT2D eigenvalue weighted by Crippen LogP contribution is -2.40. The Morgan fingerprint density at radius 3 is 2.43 bits per heavy atom. The van der Waals surface area contributed by atoms with Gasteiger partial charge in [-0.25, -0.2) is 9.38 Å². The van der Waals surface area contributed by atoms with Gasteiger partial charge in [0.1, 0.15) is 12.4 Å². The van der Waals surface area contributed by atoms with Crippen LogP contribution in [0, 0.1) is 5.82 Å². The summed E-state index contributed by atoms with van der Waals surface area (Å²) in [6.07, 6.45) is 0.767. The number of carbonyl (C=O) groups is 1. The smallest absolute Gasteiger partial charge is 0.246 e. The lowest BCUT2D eigenvalue weighted by molar-refractivity contribution is -0.114. The third-order valence-corrected chi connectivity index (χ3v) is 4.38. The van der Waals surface area contributed by atoms with E-state index in [1.165, 1.54) is 24.3 Å². The summed E-state index contributed by atoms with van der Waals surface area (Å²) in [5, 5.41) is 5.89. The molecule has 0 spiro atoms. The molecule has 7 nitrogen and oxygen atoms in total. The van der Waals surface area contributed by atoms with Gasteiger partial charge in [0, 0.05) is 25.8 Å². The molecule has 0 bridgehead atoms. The average molecular weight is 416 g/mol. The molecule has 0 saturated carbocycles. The predicted octanol–water partition coefficient (Wildman–Crippen LogP) is 2.92. The Bertz CT molecular complexity index is 856. The molecule has 0 aliphatic heterocycles. The molecule has 8 heteroatoms. The Morgan fingerprint density at radius 2 is 1.80 bits per heavy atom. The summed E-state index contributed by atoms with van der Waals surface area (Å²) in [4.78, 5) is 18.5. The standard InChI is InChI=1S/C22H29FN4O3/c1-5-24-22(25-15-21(28)26-18-9-7-17(23)8-10-18)27(2)13-12-16-6-11-19(29-3)20(14-16)30-4/h6-11,14H,5,12-13,15H2,1-4H3,(H,24,25)(H,26,28). The fourth-order valence-electron chi connectivity index (χ4n) is 2.79. The van der Waals surface area contributed by atoms with Gasteiger partial charge in [-0.3, -0.25) is 4.79 Å². The maximum Gasteiger partial charge on any atom is 0.246 e. The highest BCUT2D eigenvalue weighted by Gasteiger charge is 2.10. The van der Waals surface area contributed by atoms with Crippen molar-refractivity contribution in [2.75, 3.05) is 46.2 Å². The number of hydrogen-bond donors (Lipinski definition) is 2. The monoisotopic (exact) mass is 416 g/mol. The molecule has 2 aromatic rings. The van der Waals surface area contributed by atoms with Gasteiger partial charge in [-0.1, -0.05) is 6.07 Å². The molecule has 0 atom stereocenters. The molecule has 162 valence electrons. The molecule has 1 amide bonds. The van der Waals surface area contributed by atoms with Crippen LogP contribution in [0.3, 0.4) is 0 Å². The van der Waals surface area contributed by atoms with E-state index in [1.807, 2.05) is 37.1 Å². The van der Waals surface area contributed by atoms with E-state index in [4.69, 9.17) is 9.47 Å². The van der Waals surface area contributed by atoms with Gasteiger partial charge >= 0.3 is 0 Å². The van der Waals surface area contributed by atoms with E-state index in [0.29, 0.717) is 36.2 Å². The Labute approximate surface area is 176 Å². The molecule has 0 radical (unpaired) electrons. The highest BCUT2D eigenvalue weighted by molar-refractivity contribution is 5.94. The summed E-state index contributed by atoms with van der Waals surface area (Å²) in [5.74, 6) is 1.39. The molecule has 0 aliphatic rings. The van der Waals surface area contributed by atoms with Gasteiger partial charge in [0.2, 0.25) is 5.91 Å². The number of anilines is 1. The van der Waals surface area contributed by atoms with Crippen molar-refractivity contribution in [2.45, 2.75) is 13.3 Å². The first kappa shape index (κ1) is 23.0. The SMILES string of the molecule is CCNC(=NCC(=O)Nc1ccc(F)cc1)N(C)CCc1ccc(OC)c(OC)c1. The first-order valence-corrected chi connectivity index (χ1v) is 9.72. The van der Waals surface area contributed by atoms with Gasteiger partial charge in [0.25, 0.3) is 0 Å². The highest BCUT2D eigenvalue weighted by Crippen LogP contribution is 2.27. The first-order chi connectivity index (χ1) is 14.5. The van der Waals surface area contributed by atoms with Crippen molar-refractivity contribution in [3.05, 3.63) is 53.8 Å². The molecule has 0 aliphatic carbocycles. The quantitative estimate of drug-likeness (QED) is 0.486. The molecule has 2 aromatic carbocycles. The zero-order valence-electron chi connectivity index (χ0n) is 17.9. The van der Waals surface area contributed by atoms with Crippen LogP contribution in [0.1, 0.15) is 12.5 Å². The van der Waals surface area contributed by atoms with Crippen LogP contribution < -0.4 is 20.1 Å². The zero-order chi connectivity index (χ0) is 21.9. The summed E-state index contributed by atoms with van der Waals surface area (Å²) in [6, 6.07) is 11.4. The Hall–Kier alpha value is -3.29. The first-order valence-electron chi connectivity index (χ1n) is 9.72. The molecule has 0 heterocycles. The van der Waals surface area contributed by atoms with E-state index in [2.05, 4.69) is 15.6 Å². The summed E-state index contributed by atoms with van der Waals surface area (Å²) >= 11 is 0. The summed E-state index contributed by atoms with van der Waals surface area (Å²) in [6.45, 7) is 3.30. The van der Waals surface area contributed by atoms with Gasteiger partial charge < -0.3 is 25.0 Å². The minimum absolute atomic E-state index is 0.0413. The summed E-state index contributed by atoms with van der Waals surface area (Å²) < 4.78 is 23.6. The van der Waals surface area contributed by atoms with Crippen LogP contribution in [0.15, 0.2) is 47.5 Å². The zero-order valence-corrected chi connectivity index (χ0v) is 17.9. The number of carbonyl (C=O) groups excluding carboxylic acids is 1. The largest absolute Gasteiger partial charge is 0.493 e. The number of nitrogens with zero attached hydrogens (tertiary/aromatic N) is 2. The minimum Gasteiger partial charge on any atom is -0.493 e. The van der Waals surface area contributed by atoms with Crippen molar-refractivity contribution in [2.24, 2.45) is 4.99 Å². The predicted molar refractivity (Wildman–Crippen MR) is 117 cm³/mol. The number of ether oxygens (including phenoxy) is 2. The van der Waals surface area contributed by atoms with Crippen LogP contribution in [0.25, 0.3) is 0 Å². The molecule has 0 fully saturated rings. The molecule has 30 heavy (non-hydrogen) atoms. The van der Waals surface area contributed by atoms with Gasteiger partial charge in [0.05, 0.1) is 14.2 Å². The molecular weight excluding hydrogens is 387 g/mol. The summed E-state index contributed by atoms with van der Waals surface area (Å²) in [5.41, 5.74) is 1.63. The fourth-order valence-corrected chi connectivity index (χ4v) is 2.79. The Balaban J connectivity index is 1.95. The third-order valence-electron chi connectivity index (χ3n) is 4.38. The number of amides is 1. The number of nitrogens with one attached hydrogen (secondary N) is 2. The van der Waals surface area contributed by atoms with Crippen LogP contribution in [-0.2, 0) is 11.2 Å². The normalized spacial score (nSPS) is 11.0. The third kappa shape index (κ3) is 6.95. The van der Waals surface area contributed by atoms with Gasteiger partial charge in [-0.05, 0) is 55.3 Å². The van der Waals surface area contributed by atoms with Gasteiger partial charge in [-0.15, -0.1) is 0 Å². The van der Waals surface area contributed by atoms with Crippen LogP contribution in [0.4, 0.5) is 10.1 Å². The number of guanidine groups is 1. The minimum atomic E-state index is -0.350. The average Bonchev–Trinajstić information content (AvgIpc) is 2.76. The number of rotatable bonds is 9. The number of halogens is 1. The lowest BCUT2D eigenvalue weighted by Gasteiger charge is -2.22. The van der Waals surface area contributed by atoms with Crippen LogP contribution in [0.2, 0.25) is 0 Å². The second-order valence-electron chi connectivity index (χ2n) is 6.59. The maximum absolute atomic E-state index is 13.0. The molecule has 2 rings (SSSR count). The topological polar surface area (TPSA) is 75.2 Å². The van der Waals surface area contributed by atoms with Crippen LogP contribution in [-0.4, -0.2) is 57.7 Å². The fraction of sp³-hybridized carbons (Fsp3) is 0.364. The van der Waals surface area contributed by atoms with E-state index in [-0.39, 0.29) is 18.3 Å². The van der Waals surface area contributed by atoms with Crippen molar-refractivity contribution in [1.82, 2.24) is 10.2 Å². The lowest BCUT2D eigenvalue weighted by atomic mass is 10.1. The molecular formula is C22H29FN4O3. The molecule has 2 N–H and O–H groups in total. The van der Waals surface area contributed by atoms with Crippen molar-refractivity contribution < 1.29 is 18.7 Å². The van der Waals surface area contributed by atoms with Gasteiger partial charge in [0.15, 0.2) is 17.5 Å². The van der Waals surface area contributed by atoms with E-state index in [0.717, 1.165) is 12.0 Å². The number of hydrogen-bond acceptors (Lipinski definition) is 4. The van der Waals surface area contributed by atoms with E-state index < -0.39 is 0 Å². The maximum atomic E-state index is 13.0. The number of likely N-dealkylation sites (N-methyl/N-ethyl adjacent to an activating group) is 1. The summed E-state index contributed by atoms with van der Waals surface area (Å²) in [7, 11) is 5.14. The van der Waals surface area contributed by atoms with Crippen LogP contribution in [0.5, 0.6) is 11.5 Å². The number of methoxy groups -OCH3 is 2. The second kappa shape index (κ2) is 11.6. The molecule has 0 unspecified atom stereocenters. The number of benzene rings is 2. The number of aliphatic imine (C=N–C) groups is 1. The van der Waals surface area contributed by atoms with Gasteiger partial charge in [-0.2, -0.15) is 0 Å². The second-order valence-corrected chi connectivity index (χ2v) is 6.59. The molecule has 0 saturated heterocycles. The Kier molecular flexibility index (Phi) is 8.93. The van der Waals surface area contributed by atoms with Crippen molar-refractivity contribution in [1.29, 1.82) is 0 Å². The van der Waals surface area contributed by atoms with E-state index in [9.17, 15) is 9.18 Å². The molecule has 0 aromatic heterocycles. The Morgan fingerprint density at radius 1 is 1.10 bits per heavy atom. The van der Waals surface area contributed by atoms with Crippen molar-refractivity contribution >= 4 is 17.6 Å². The van der Waals surface area contributed by atoms with E-state index in [1.54, 1.807) is 14.2 Å². The van der Waals surface area contributed by atoms with Crippen molar-refractivity contribution in [3.63, 3.8) is 0 Å².